The minimum Gasteiger partial charge on any atom is -0.385 e. The first-order valence-corrected chi connectivity index (χ1v) is 9.79. The molecule has 0 radical (unpaired) electrons. The summed E-state index contributed by atoms with van der Waals surface area (Å²) in [5, 5.41) is 20.7. The van der Waals surface area contributed by atoms with Crippen molar-refractivity contribution in [2.24, 2.45) is 22.7 Å². The molecule has 0 aromatic heterocycles. The van der Waals surface area contributed by atoms with Gasteiger partial charge in [0, 0.05) is 23.7 Å². The minimum atomic E-state index is -0.974. The van der Waals surface area contributed by atoms with Gasteiger partial charge in [0.25, 0.3) is 0 Å². The summed E-state index contributed by atoms with van der Waals surface area (Å²) >= 11 is 0. The van der Waals surface area contributed by atoms with E-state index in [4.69, 9.17) is 9.47 Å². The second-order valence-electron chi connectivity index (χ2n) is 9.97. The van der Waals surface area contributed by atoms with E-state index < -0.39 is 23.6 Å². The van der Waals surface area contributed by atoms with Gasteiger partial charge in [0.15, 0.2) is 12.1 Å². The Morgan fingerprint density at radius 1 is 1.08 bits per heavy atom. The molecular formula is C20H32O5. The molecule has 2 aliphatic carbocycles. The van der Waals surface area contributed by atoms with Crippen molar-refractivity contribution in [3.63, 3.8) is 0 Å². The Balaban J connectivity index is 1.79. The topological polar surface area (TPSA) is 76.0 Å². The molecule has 2 heterocycles. The lowest BCUT2D eigenvalue weighted by molar-refractivity contribution is -0.255. The van der Waals surface area contributed by atoms with Crippen LogP contribution in [0.5, 0.6) is 0 Å². The number of aliphatic hydroxyl groups excluding tert-OH is 2. The van der Waals surface area contributed by atoms with Crippen LogP contribution in [0.1, 0.15) is 66.2 Å². The van der Waals surface area contributed by atoms with Gasteiger partial charge in [0.2, 0.25) is 0 Å². The molecule has 2 saturated carbocycles. The number of hydrogen-bond acceptors (Lipinski definition) is 5. The van der Waals surface area contributed by atoms with Crippen LogP contribution < -0.4 is 0 Å². The smallest absolute Gasteiger partial charge is 0.165 e. The summed E-state index contributed by atoms with van der Waals surface area (Å²) in [5.74, 6) is -0.438. The highest BCUT2D eigenvalue weighted by Gasteiger charge is 2.72. The van der Waals surface area contributed by atoms with Crippen LogP contribution in [-0.2, 0) is 14.3 Å². The van der Waals surface area contributed by atoms with Crippen molar-refractivity contribution in [3.05, 3.63) is 0 Å². The molecule has 0 amide bonds. The maximum absolute atomic E-state index is 13.1. The molecule has 0 aromatic carbocycles. The van der Waals surface area contributed by atoms with Gasteiger partial charge in [0.05, 0.1) is 17.8 Å². The number of rotatable bonds is 0. The van der Waals surface area contributed by atoms with E-state index in [2.05, 4.69) is 20.8 Å². The molecule has 4 fully saturated rings. The molecule has 0 bridgehead atoms. The fourth-order valence-corrected chi connectivity index (χ4v) is 6.96. The van der Waals surface area contributed by atoms with Gasteiger partial charge in [-0.1, -0.05) is 34.1 Å². The normalized spacial score (nSPS) is 55.0. The summed E-state index contributed by atoms with van der Waals surface area (Å²) in [6.07, 6.45) is 3.40. The van der Waals surface area contributed by atoms with Crippen LogP contribution in [0.4, 0.5) is 0 Å². The summed E-state index contributed by atoms with van der Waals surface area (Å²) in [7, 11) is 0. The summed E-state index contributed by atoms with van der Waals surface area (Å²) in [5.41, 5.74) is -1.43. The summed E-state index contributed by atoms with van der Waals surface area (Å²) in [6, 6.07) is 0. The van der Waals surface area contributed by atoms with Gasteiger partial charge in [-0.15, -0.1) is 0 Å². The van der Waals surface area contributed by atoms with Crippen LogP contribution in [0.25, 0.3) is 0 Å². The van der Waals surface area contributed by atoms with E-state index in [1.54, 1.807) is 0 Å². The highest BCUT2D eigenvalue weighted by molar-refractivity contribution is 5.88. The Labute approximate surface area is 150 Å². The summed E-state index contributed by atoms with van der Waals surface area (Å²) in [4.78, 5) is 13.1. The van der Waals surface area contributed by atoms with Gasteiger partial charge in [-0.3, -0.25) is 4.79 Å². The molecule has 2 aliphatic heterocycles. The third-order valence-electron chi connectivity index (χ3n) is 8.12. The van der Waals surface area contributed by atoms with E-state index in [0.717, 1.165) is 32.1 Å². The Hall–Kier alpha value is -0.490. The molecule has 4 aliphatic rings. The van der Waals surface area contributed by atoms with Crippen molar-refractivity contribution in [1.82, 2.24) is 0 Å². The standard InChI is InChI=1S/C20H32O5/c1-12-14(22)15(23)16-17(2,3)6-5-7-18(16,4)20(12)9-8-19(25-20)10-13(21)24-11-19/h12-14,16,21-22H,5-11H2,1-4H3/t12-,13-,14-,16-,18+,19+,20-/m1/s1. The zero-order valence-corrected chi connectivity index (χ0v) is 15.9. The minimum absolute atomic E-state index is 0.00224. The van der Waals surface area contributed by atoms with E-state index in [0.29, 0.717) is 13.0 Å². The molecule has 5 nitrogen and oxygen atoms in total. The van der Waals surface area contributed by atoms with Gasteiger partial charge in [0.1, 0.15) is 6.10 Å². The highest BCUT2D eigenvalue weighted by Crippen LogP contribution is 2.67. The fraction of sp³-hybridized carbons (Fsp3) is 0.950. The molecule has 4 rings (SSSR count). The average Bonchev–Trinajstić information content (AvgIpc) is 3.08. The third kappa shape index (κ3) is 2.19. The number of ketones is 1. The Kier molecular flexibility index (Phi) is 3.78. The Morgan fingerprint density at radius 2 is 1.80 bits per heavy atom. The van der Waals surface area contributed by atoms with Gasteiger partial charge >= 0.3 is 0 Å². The third-order valence-corrected chi connectivity index (χ3v) is 8.12. The zero-order valence-electron chi connectivity index (χ0n) is 15.9. The lowest BCUT2D eigenvalue weighted by Gasteiger charge is -2.63. The number of carbonyl (C=O) groups is 1. The zero-order chi connectivity index (χ0) is 18.3. The van der Waals surface area contributed by atoms with Crippen LogP contribution in [0.15, 0.2) is 0 Å². The van der Waals surface area contributed by atoms with Crippen LogP contribution in [0.3, 0.4) is 0 Å². The largest absolute Gasteiger partial charge is 0.385 e. The number of ether oxygens (including phenoxy) is 2. The molecule has 2 saturated heterocycles. The van der Waals surface area contributed by atoms with Crippen molar-refractivity contribution in [1.29, 1.82) is 0 Å². The van der Waals surface area contributed by atoms with Crippen LogP contribution in [0, 0.1) is 22.7 Å². The quantitative estimate of drug-likeness (QED) is 0.700. The van der Waals surface area contributed by atoms with Crippen molar-refractivity contribution >= 4 is 5.78 Å². The molecule has 0 unspecified atom stereocenters. The number of fused-ring (bicyclic) bond motifs is 2. The number of hydrogen-bond donors (Lipinski definition) is 2. The lowest BCUT2D eigenvalue weighted by atomic mass is 9.43. The van der Waals surface area contributed by atoms with Gasteiger partial charge in [-0.05, 0) is 31.1 Å². The molecular weight excluding hydrogens is 320 g/mol. The maximum Gasteiger partial charge on any atom is 0.165 e. The van der Waals surface area contributed by atoms with Crippen molar-refractivity contribution < 1.29 is 24.5 Å². The molecule has 142 valence electrons. The predicted octanol–water partition coefficient (Wildman–Crippen LogP) is 2.43. The number of Topliss-reactive ketones (excluding diaryl/α,β-unsaturated/α-hetero) is 1. The molecule has 2 spiro atoms. The van der Waals surface area contributed by atoms with Gasteiger partial charge in [-0.25, -0.2) is 0 Å². The highest BCUT2D eigenvalue weighted by atomic mass is 16.6. The van der Waals surface area contributed by atoms with Gasteiger partial charge in [-0.2, -0.15) is 0 Å². The lowest BCUT2D eigenvalue weighted by Crippen LogP contribution is -2.69. The van der Waals surface area contributed by atoms with E-state index in [1.807, 2.05) is 6.92 Å². The first-order chi connectivity index (χ1) is 11.6. The van der Waals surface area contributed by atoms with E-state index in [1.165, 1.54) is 0 Å². The average molecular weight is 352 g/mol. The van der Waals surface area contributed by atoms with Crippen molar-refractivity contribution in [3.8, 4) is 0 Å². The second-order valence-corrected chi connectivity index (χ2v) is 9.97. The molecule has 7 atom stereocenters. The molecule has 5 heteroatoms. The summed E-state index contributed by atoms with van der Waals surface area (Å²) in [6.45, 7) is 8.91. The van der Waals surface area contributed by atoms with Crippen LogP contribution >= 0.6 is 0 Å². The van der Waals surface area contributed by atoms with Crippen molar-refractivity contribution in [2.45, 2.75) is 89.8 Å². The maximum atomic E-state index is 13.1. The predicted molar refractivity (Wildman–Crippen MR) is 91.8 cm³/mol. The molecule has 2 N–H and O–H groups in total. The Bertz CT molecular complexity index is 589. The van der Waals surface area contributed by atoms with Gasteiger partial charge < -0.3 is 19.7 Å². The van der Waals surface area contributed by atoms with E-state index >= 15 is 0 Å². The van der Waals surface area contributed by atoms with Crippen LogP contribution in [0.2, 0.25) is 0 Å². The first kappa shape index (κ1) is 17.9. The first-order valence-electron chi connectivity index (χ1n) is 9.79. The van der Waals surface area contributed by atoms with Crippen molar-refractivity contribution in [2.75, 3.05) is 6.61 Å². The van der Waals surface area contributed by atoms with E-state index in [-0.39, 0.29) is 28.4 Å². The monoisotopic (exact) mass is 352 g/mol. The second kappa shape index (κ2) is 5.28. The number of carbonyl (C=O) groups excluding carboxylic acids is 1. The van der Waals surface area contributed by atoms with E-state index in [9.17, 15) is 15.0 Å². The molecule has 0 aromatic rings. The summed E-state index contributed by atoms with van der Waals surface area (Å²) < 4.78 is 12.2. The fourth-order valence-electron chi connectivity index (χ4n) is 6.96. The SMILES string of the molecule is C[C@@H]1[C@@H](O)C(=O)[C@@H]2C(C)(C)CCC[C@]2(C)[C@@]12CC[C@]1(CO[C@@H](O)C1)O2. The molecule has 25 heavy (non-hydrogen) atoms. The Morgan fingerprint density at radius 3 is 2.44 bits per heavy atom. The van der Waals surface area contributed by atoms with Crippen LogP contribution in [-0.4, -0.2) is 46.2 Å². The number of aliphatic hydroxyl groups is 2.